The number of hydrogen-bond donors (Lipinski definition) is 3. The van der Waals surface area contributed by atoms with Crippen LogP contribution in [0.4, 0.5) is 10.1 Å². The second-order valence-corrected chi connectivity index (χ2v) is 6.91. The lowest BCUT2D eigenvalue weighted by Gasteiger charge is -2.16. The van der Waals surface area contributed by atoms with Crippen LogP contribution in [-0.2, 0) is 10.0 Å². The van der Waals surface area contributed by atoms with E-state index in [1.165, 1.54) is 13.0 Å². The molecular formula is C14H23FN2O3S. The number of halogens is 1. The summed E-state index contributed by atoms with van der Waals surface area (Å²) in [5.74, 6) is -0.585. The Morgan fingerprint density at radius 2 is 2.05 bits per heavy atom. The molecule has 5 nitrogen and oxygen atoms in total. The Bertz CT molecular complexity index is 547. The van der Waals surface area contributed by atoms with E-state index in [9.17, 15) is 12.8 Å². The lowest BCUT2D eigenvalue weighted by atomic mass is 10.0. The van der Waals surface area contributed by atoms with Gasteiger partial charge >= 0.3 is 0 Å². The normalized spacial score (nSPS) is 13.3. The number of aliphatic hydroxyl groups is 1. The Morgan fingerprint density at radius 1 is 1.38 bits per heavy atom. The van der Waals surface area contributed by atoms with Gasteiger partial charge < -0.3 is 10.8 Å². The third-order valence-electron chi connectivity index (χ3n) is 3.46. The van der Waals surface area contributed by atoms with Crippen LogP contribution in [0.1, 0.15) is 31.7 Å². The van der Waals surface area contributed by atoms with Crippen molar-refractivity contribution in [3.63, 3.8) is 0 Å². The van der Waals surface area contributed by atoms with Crippen LogP contribution in [0.15, 0.2) is 17.0 Å². The van der Waals surface area contributed by atoms with Gasteiger partial charge in [-0.05, 0) is 37.8 Å². The van der Waals surface area contributed by atoms with Crippen LogP contribution in [0.5, 0.6) is 0 Å². The molecule has 1 atom stereocenters. The van der Waals surface area contributed by atoms with Crippen molar-refractivity contribution >= 4 is 15.7 Å². The number of rotatable bonds is 8. The van der Waals surface area contributed by atoms with Crippen molar-refractivity contribution in [2.45, 2.75) is 38.0 Å². The average molecular weight is 318 g/mol. The van der Waals surface area contributed by atoms with E-state index in [0.29, 0.717) is 6.42 Å². The zero-order chi connectivity index (χ0) is 16.0. The first-order chi connectivity index (χ1) is 9.81. The number of anilines is 1. The van der Waals surface area contributed by atoms with E-state index in [0.717, 1.165) is 18.9 Å². The zero-order valence-corrected chi connectivity index (χ0v) is 13.2. The average Bonchev–Trinajstić information content (AvgIpc) is 2.42. The van der Waals surface area contributed by atoms with Gasteiger partial charge in [-0.3, -0.25) is 0 Å². The standard InChI is InChI=1S/C14H23FN2O3S/c1-3-4-11(5-6-18)9-17-21(19,20)12-7-13(15)10(2)14(16)8-12/h7-8,11,17-18H,3-6,9,16H2,1-2H3. The molecule has 1 aromatic carbocycles. The molecule has 21 heavy (non-hydrogen) atoms. The van der Waals surface area contributed by atoms with E-state index < -0.39 is 15.8 Å². The lowest BCUT2D eigenvalue weighted by Crippen LogP contribution is -2.30. The van der Waals surface area contributed by atoms with Gasteiger partial charge in [-0.2, -0.15) is 0 Å². The second-order valence-electron chi connectivity index (χ2n) is 5.14. The van der Waals surface area contributed by atoms with Gasteiger partial charge in [0.2, 0.25) is 10.0 Å². The van der Waals surface area contributed by atoms with Crippen molar-refractivity contribution in [2.24, 2.45) is 5.92 Å². The third-order valence-corrected chi connectivity index (χ3v) is 4.87. The number of nitrogens with one attached hydrogen (secondary N) is 1. The Morgan fingerprint density at radius 3 is 2.57 bits per heavy atom. The Balaban J connectivity index is 2.86. The predicted molar refractivity (Wildman–Crippen MR) is 80.8 cm³/mol. The first kappa shape index (κ1) is 17.9. The highest BCUT2D eigenvalue weighted by Crippen LogP contribution is 2.21. The zero-order valence-electron chi connectivity index (χ0n) is 12.4. The third kappa shape index (κ3) is 4.94. The molecule has 4 N–H and O–H groups in total. The summed E-state index contributed by atoms with van der Waals surface area (Å²) < 4.78 is 40.4. The number of nitrogen functional groups attached to an aromatic ring is 1. The van der Waals surface area contributed by atoms with Gasteiger partial charge in [-0.1, -0.05) is 13.3 Å². The molecule has 1 aromatic rings. The molecule has 120 valence electrons. The molecule has 1 rings (SSSR count). The molecule has 0 amide bonds. The van der Waals surface area contributed by atoms with Crippen molar-refractivity contribution < 1.29 is 17.9 Å². The molecular weight excluding hydrogens is 295 g/mol. The fourth-order valence-electron chi connectivity index (χ4n) is 2.08. The van der Waals surface area contributed by atoms with Crippen LogP contribution in [0.25, 0.3) is 0 Å². The number of benzene rings is 1. The van der Waals surface area contributed by atoms with Crippen LogP contribution in [0, 0.1) is 18.7 Å². The Kier molecular flexibility index (Phi) is 6.57. The first-order valence-corrected chi connectivity index (χ1v) is 8.46. The summed E-state index contributed by atoms with van der Waals surface area (Å²) >= 11 is 0. The topological polar surface area (TPSA) is 92.4 Å². The maximum Gasteiger partial charge on any atom is 0.240 e. The summed E-state index contributed by atoms with van der Waals surface area (Å²) in [7, 11) is -3.81. The van der Waals surface area contributed by atoms with Gasteiger partial charge in [-0.15, -0.1) is 0 Å². The monoisotopic (exact) mass is 318 g/mol. The molecule has 0 radical (unpaired) electrons. The molecule has 0 saturated carbocycles. The summed E-state index contributed by atoms with van der Waals surface area (Å²) in [6.07, 6.45) is 2.24. The van der Waals surface area contributed by atoms with Crippen LogP contribution in [-0.4, -0.2) is 26.7 Å². The quantitative estimate of drug-likeness (QED) is 0.637. The Hall–Kier alpha value is -1.18. The molecule has 0 spiro atoms. The highest BCUT2D eigenvalue weighted by Gasteiger charge is 2.19. The van der Waals surface area contributed by atoms with Crippen molar-refractivity contribution in [3.05, 3.63) is 23.5 Å². The van der Waals surface area contributed by atoms with Gasteiger partial charge in [0.1, 0.15) is 5.82 Å². The summed E-state index contributed by atoms with van der Waals surface area (Å²) in [5.41, 5.74) is 5.95. The summed E-state index contributed by atoms with van der Waals surface area (Å²) in [6, 6.07) is 2.22. The number of sulfonamides is 1. The molecule has 0 aliphatic rings. The van der Waals surface area contributed by atoms with E-state index in [1.54, 1.807) is 0 Å². The molecule has 0 heterocycles. The van der Waals surface area contributed by atoms with Gasteiger partial charge in [0.15, 0.2) is 0 Å². The number of hydrogen-bond acceptors (Lipinski definition) is 4. The summed E-state index contributed by atoms with van der Waals surface area (Å²) in [6.45, 7) is 3.71. The highest BCUT2D eigenvalue weighted by atomic mass is 32.2. The van der Waals surface area contributed by atoms with E-state index in [4.69, 9.17) is 10.8 Å². The predicted octanol–water partition coefficient (Wildman–Crippen LogP) is 1.79. The largest absolute Gasteiger partial charge is 0.398 e. The van der Waals surface area contributed by atoms with Crippen LogP contribution in [0.2, 0.25) is 0 Å². The molecule has 0 fully saturated rings. The van der Waals surface area contributed by atoms with Gasteiger partial charge in [-0.25, -0.2) is 17.5 Å². The van der Waals surface area contributed by atoms with E-state index in [2.05, 4.69) is 4.72 Å². The number of aliphatic hydroxyl groups excluding tert-OH is 1. The minimum Gasteiger partial charge on any atom is -0.398 e. The molecule has 0 bridgehead atoms. The van der Waals surface area contributed by atoms with Crippen LogP contribution < -0.4 is 10.5 Å². The number of nitrogens with two attached hydrogens (primary N) is 1. The van der Waals surface area contributed by atoms with Crippen molar-refractivity contribution in [2.75, 3.05) is 18.9 Å². The van der Waals surface area contributed by atoms with Crippen LogP contribution >= 0.6 is 0 Å². The SMILES string of the molecule is CCCC(CCO)CNS(=O)(=O)c1cc(N)c(C)c(F)c1. The van der Waals surface area contributed by atoms with Gasteiger partial charge in [0.05, 0.1) is 4.90 Å². The molecule has 7 heteroatoms. The minimum absolute atomic E-state index is 0.0124. The summed E-state index contributed by atoms with van der Waals surface area (Å²) in [4.78, 5) is -0.178. The summed E-state index contributed by atoms with van der Waals surface area (Å²) in [5, 5.41) is 8.97. The van der Waals surface area contributed by atoms with Crippen molar-refractivity contribution in [1.29, 1.82) is 0 Å². The van der Waals surface area contributed by atoms with E-state index in [1.807, 2.05) is 6.92 Å². The molecule has 1 unspecified atom stereocenters. The maximum atomic E-state index is 13.6. The highest BCUT2D eigenvalue weighted by molar-refractivity contribution is 7.89. The fourth-order valence-corrected chi connectivity index (χ4v) is 3.24. The fraction of sp³-hybridized carbons (Fsp3) is 0.571. The molecule has 0 saturated heterocycles. The van der Waals surface area contributed by atoms with E-state index >= 15 is 0 Å². The van der Waals surface area contributed by atoms with Crippen molar-refractivity contribution in [3.8, 4) is 0 Å². The van der Waals surface area contributed by atoms with Crippen LogP contribution in [0.3, 0.4) is 0 Å². The molecule has 0 aliphatic carbocycles. The smallest absolute Gasteiger partial charge is 0.240 e. The molecule has 0 aliphatic heterocycles. The van der Waals surface area contributed by atoms with E-state index in [-0.39, 0.29) is 35.2 Å². The first-order valence-electron chi connectivity index (χ1n) is 6.98. The maximum absolute atomic E-state index is 13.6. The van der Waals surface area contributed by atoms with Crippen molar-refractivity contribution in [1.82, 2.24) is 4.72 Å². The lowest BCUT2D eigenvalue weighted by molar-refractivity contribution is 0.251. The second kappa shape index (κ2) is 7.72. The molecule has 0 aromatic heterocycles. The van der Waals surface area contributed by atoms with Gasteiger partial charge in [0.25, 0.3) is 0 Å². The Labute approximate surface area is 125 Å². The minimum atomic E-state index is -3.81. The van der Waals surface area contributed by atoms with Gasteiger partial charge in [0, 0.05) is 24.4 Å².